The van der Waals surface area contributed by atoms with Crippen molar-refractivity contribution in [3.8, 4) is 0 Å². The van der Waals surface area contributed by atoms with Gasteiger partial charge in [-0.1, -0.05) is 6.07 Å². The van der Waals surface area contributed by atoms with Gasteiger partial charge in [-0.2, -0.15) is 0 Å². The summed E-state index contributed by atoms with van der Waals surface area (Å²) >= 11 is 0. The minimum atomic E-state index is -0.746. The van der Waals surface area contributed by atoms with Gasteiger partial charge in [0.05, 0.1) is 17.0 Å². The van der Waals surface area contributed by atoms with Gasteiger partial charge in [-0.15, -0.1) is 0 Å². The van der Waals surface area contributed by atoms with Crippen LogP contribution in [0.25, 0.3) is 11.0 Å². The molecule has 5 heteroatoms. The van der Waals surface area contributed by atoms with Crippen molar-refractivity contribution in [3.63, 3.8) is 0 Å². The van der Waals surface area contributed by atoms with E-state index < -0.39 is 5.97 Å². The third-order valence-electron chi connectivity index (χ3n) is 3.45. The second-order valence-corrected chi connectivity index (χ2v) is 4.51. The van der Waals surface area contributed by atoms with Crippen LogP contribution in [0, 0.1) is 5.92 Å². The smallest absolute Gasteiger partial charge is 0.308 e. The molecular formula is C13H13N3O2. The molecule has 1 aliphatic heterocycles. The molecule has 2 unspecified atom stereocenters. The molecule has 2 aromatic rings. The van der Waals surface area contributed by atoms with Gasteiger partial charge in [0.1, 0.15) is 0 Å². The summed E-state index contributed by atoms with van der Waals surface area (Å²) in [5, 5.41) is 12.3. The van der Waals surface area contributed by atoms with Gasteiger partial charge in [-0.3, -0.25) is 14.8 Å². The molecule has 0 aliphatic carbocycles. The van der Waals surface area contributed by atoms with E-state index in [9.17, 15) is 9.90 Å². The second kappa shape index (κ2) is 4.34. The largest absolute Gasteiger partial charge is 0.481 e. The minimum absolute atomic E-state index is 0.00825. The van der Waals surface area contributed by atoms with Crippen LogP contribution in [0.1, 0.15) is 11.5 Å². The van der Waals surface area contributed by atoms with Crippen LogP contribution in [-0.2, 0) is 4.79 Å². The number of nitrogens with zero attached hydrogens (tertiary/aromatic N) is 2. The van der Waals surface area contributed by atoms with E-state index in [1.807, 2.05) is 18.2 Å². The lowest BCUT2D eigenvalue weighted by Gasteiger charge is -2.15. The Labute approximate surface area is 104 Å². The molecular weight excluding hydrogens is 230 g/mol. The van der Waals surface area contributed by atoms with Gasteiger partial charge in [-0.05, 0) is 17.7 Å². The lowest BCUT2D eigenvalue weighted by atomic mass is 9.89. The molecule has 1 fully saturated rings. The van der Waals surface area contributed by atoms with Crippen molar-refractivity contribution in [3.05, 3.63) is 36.2 Å². The van der Waals surface area contributed by atoms with E-state index in [1.54, 1.807) is 12.4 Å². The van der Waals surface area contributed by atoms with Gasteiger partial charge in [-0.25, -0.2) is 0 Å². The summed E-state index contributed by atoms with van der Waals surface area (Å²) in [6.07, 6.45) is 3.30. The second-order valence-electron chi connectivity index (χ2n) is 4.51. The molecule has 1 aromatic heterocycles. The van der Waals surface area contributed by atoms with Crippen molar-refractivity contribution < 1.29 is 9.90 Å². The number of rotatable bonds is 2. The van der Waals surface area contributed by atoms with Crippen molar-refractivity contribution >= 4 is 17.0 Å². The highest BCUT2D eigenvalue weighted by Crippen LogP contribution is 2.29. The van der Waals surface area contributed by atoms with Gasteiger partial charge in [0.2, 0.25) is 0 Å². The monoisotopic (exact) mass is 243 g/mol. The van der Waals surface area contributed by atoms with Crippen LogP contribution in [0.2, 0.25) is 0 Å². The number of hydrogen-bond donors (Lipinski definition) is 2. The number of carbonyl (C=O) groups is 1. The third-order valence-corrected chi connectivity index (χ3v) is 3.45. The highest BCUT2D eigenvalue weighted by atomic mass is 16.4. The SMILES string of the molecule is O=C(O)C1CNCC1c1ccc2nccnc2c1. The maximum absolute atomic E-state index is 11.2. The number of nitrogens with one attached hydrogen (secondary N) is 1. The predicted octanol–water partition coefficient (Wildman–Crippen LogP) is 1.02. The molecule has 3 rings (SSSR count). The average Bonchev–Trinajstić information content (AvgIpc) is 2.87. The zero-order chi connectivity index (χ0) is 12.5. The first kappa shape index (κ1) is 11.1. The summed E-state index contributed by atoms with van der Waals surface area (Å²) in [4.78, 5) is 19.6. The summed E-state index contributed by atoms with van der Waals surface area (Å²) in [5.41, 5.74) is 2.66. The zero-order valence-corrected chi connectivity index (χ0v) is 9.71. The van der Waals surface area contributed by atoms with Crippen molar-refractivity contribution in [1.29, 1.82) is 0 Å². The first-order chi connectivity index (χ1) is 8.75. The molecule has 5 nitrogen and oxygen atoms in total. The van der Waals surface area contributed by atoms with E-state index >= 15 is 0 Å². The molecule has 1 saturated heterocycles. The number of carboxylic acid groups (broad SMARTS) is 1. The van der Waals surface area contributed by atoms with E-state index in [1.165, 1.54) is 0 Å². The molecule has 2 atom stereocenters. The fraction of sp³-hybridized carbons (Fsp3) is 0.308. The van der Waals surface area contributed by atoms with E-state index in [2.05, 4.69) is 15.3 Å². The molecule has 2 heterocycles. The lowest BCUT2D eigenvalue weighted by molar-refractivity contribution is -0.141. The fourth-order valence-electron chi connectivity index (χ4n) is 2.50. The highest BCUT2D eigenvalue weighted by Gasteiger charge is 2.33. The Balaban J connectivity index is 2.01. The Morgan fingerprint density at radius 1 is 1.22 bits per heavy atom. The molecule has 0 bridgehead atoms. The normalized spacial score (nSPS) is 23.3. The van der Waals surface area contributed by atoms with Crippen LogP contribution >= 0.6 is 0 Å². The van der Waals surface area contributed by atoms with E-state index in [4.69, 9.17) is 0 Å². The lowest BCUT2D eigenvalue weighted by Crippen LogP contribution is -2.21. The fourth-order valence-corrected chi connectivity index (χ4v) is 2.50. The van der Waals surface area contributed by atoms with Crippen molar-refractivity contribution in [2.24, 2.45) is 5.92 Å². The van der Waals surface area contributed by atoms with Crippen LogP contribution in [0.15, 0.2) is 30.6 Å². The van der Waals surface area contributed by atoms with Crippen molar-refractivity contribution in [2.45, 2.75) is 5.92 Å². The molecule has 0 radical (unpaired) electrons. The quantitative estimate of drug-likeness (QED) is 0.823. The molecule has 0 amide bonds. The van der Waals surface area contributed by atoms with Crippen LogP contribution < -0.4 is 5.32 Å². The van der Waals surface area contributed by atoms with E-state index in [-0.39, 0.29) is 11.8 Å². The molecule has 18 heavy (non-hydrogen) atoms. The number of benzene rings is 1. The van der Waals surface area contributed by atoms with Gasteiger partial charge < -0.3 is 10.4 Å². The van der Waals surface area contributed by atoms with Crippen LogP contribution in [0.3, 0.4) is 0 Å². The number of fused-ring (bicyclic) bond motifs is 1. The Morgan fingerprint density at radius 2 is 2.00 bits per heavy atom. The van der Waals surface area contributed by atoms with Crippen LogP contribution in [-0.4, -0.2) is 34.1 Å². The first-order valence-electron chi connectivity index (χ1n) is 5.90. The molecule has 1 aromatic carbocycles. The molecule has 92 valence electrons. The summed E-state index contributed by atoms with van der Waals surface area (Å²) in [7, 11) is 0. The molecule has 0 saturated carbocycles. The van der Waals surface area contributed by atoms with Gasteiger partial charge in [0.15, 0.2) is 0 Å². The third kappa shape index (κ3) is 1.82. The van der Waals surface area contributed by atoms with E-state index in [0.29, 0.717) is 13.1 Å². The molecule has 1 aliphatic rings. The molecule has 0 spiro atoms. The molecule has 2 N–H and O–H groups in total. The number of carboxylic acids is 1. The van der Waals surface area contributed by atoms with Crippen molar-refractivity contribution in [1.82, 2.24) is 15.3 Å². The van der Waals surface area contributed by atoms with Gasteiger partial charge in [0.25, 0.3) is 0 Å². The summed E-state index contributed by atoms with van der Waals surface area (Å²) in [6.45, 7) is 1.22. The summed E-state index contributed by atoms with van der Waals surface area (Å²) in [6, 6.07) is 5.79. The van der Waals surface area contributed by atoms with Crippen LogP contribution in [0.5, 0.6) is 0 Å². The Kier molecular flexibility index (Phi) is 2.68. The zero-order valence-electron chi connectivity index (χ0n) is 9.71. The number of aliphatic carboxylic acids is 1. The first-order valence-corrected chi connectivity index (χ1v) is 5.90. The summed E-state index contributed by atoms with van der Waals surface area (Å²) < 4.78 is 0. The van der Waals surface area contributed by atoms with Gasteiger partial charge in [0, 0.05) is 31.4 Å². The van der Waals surface area contributed by atoms with Crippen LogP contribution in [0.4, 0.5) is 0 Å². The standard InChI is InChI=1S/C13H13N3O2/c17-13(18)10-7-14-6-9(10)8-1-2-11-12(5-8)16-4-3-15-11/h1-5,9-10,14H,6-7H2,(H,17,18). The number of hydrogen-bond acceptors (Lipinski definition) is 4. The van der Waals surface area contributed by atoms with Crippen molar-refractivity contribution in [2.75, 3.05) is 13.1 Å². The van der Waals surface area contributed by atoms with Gasteiger partial charge >= 0.3 is 5.97 Å². The topological polar surface area (TPSA) is 75.1 Å². The Hall–Kier alpha value is -2.01. The maximum Gasteiger partial charge on any atom is 0.308 e. The van der Waals surface area contributed by atoms with E-state index in [0.717, 1.165) is 16.6 Å². The average molecular weight is 243 g/mol. The highest BCUT2D eigenvalue weighted by molar-refractivity contribution is 5.76. The minimum Gasteiger partial charge on any atom is -0.481 e. The summed E-state index contributed by atoms with van der Waals surface area (Å²) in [5.74, 6) is -1.10. The Bertz CT molecular complexity index is 600. The Morgan fingerprint density at radius 3 is 2.78 bits per heavy atom. The number of aromatic nitrogens is 2. The maximum atomic E-state index is 11.2. The predicted molar refractivity (Wildman–Crippen MR) is 66.3 cm³/mol.